The van der Waals surface area contributed by atoms with Gasteiger partial charge in [0.1, 0.15) is 11.9 Å². The molecule has 10 heteroatoms. The van der Waals surface area contributed by atoms with E-state index in [1.54, 1.807) is 10.7 Å². The Morgan fingerprint density at radius 3 is 2.63 bits per heavy atom. The second kappa shape index (κ2) is 8.56. The Morgan fingerprint density at radius 2 is 2.00 bits per heavy atom. The average Bonchev–Trinajstić information content (AvgIpc) is 3.15. The van der Waals surface area contributed by atoms with Gasteiger partial charge < -0.3 is 20.3 Å². The van der Waals surface area contributed by atoms with Crippen molar-refractivity contribution in [3.05, 3.63) is 65.2 Å². The van der Waals surface area contributed by atoms with Gasteiger partial charge in [-0.05, 0) is 18.1 Å². The number of rotatable bonds is 5. The minimum absolute atomic E-state index is 0.0622. The van der Waals surface area contributed by atoms with Crippen LogP contribution < -0.4 is 5.73 Å². The quantitative estimate of drug-likeness (QED) is 0.268. The molecule has 0 aliphatic carbocycles. The lowest BCUT2D eigenvalue weighted by atomic mass is 9.87. The standard InChI is InChI=1S/C20H25N5O3S2/c1-14-16(19(27)24-7-9-30(29-28)10-8-24)11-25-17(14)18(22-13-23-25)20(21,12-26)15-5-3-2-4-6-15/h2-6,11,13,26,28,30H,7-10,12,21H2,1H3/t20-/m0/s1. The van der Waals surface area contributed by atoms with Crippen LogP contribution >= 0.6 is 21.0 Å². The molecule has 1 fully saturated rings. The highest BCUT2D eigenvalue weighted by atomic mass is 33.1. The van der Waals surface area contributed by atoms with E-state index in [-0.39, 0.29) is 12.5 Å². The number of aliphatic hydroxyl groups is 1. The predicted octanol–water partition coefficient (Wildman–Crippen LogP) is 1.81. The zero-order valence-corrected chi connectivity index (χ0v) is 18.3. The second-order valence-corrected chi connectivity index (χ2v) is 11.4. The molecule has 1 amide bonds. The van der Waals surface area contributed by atoms with Gasteiger partial charge in [0, 0.05) is 41.9 Å². The van der Waals surface area contributed by atoms with Gasteiger partial charge in [-0.1, -0.05) is 30.3 Å². The Bertz CT molecular complexity index is 1050. The van der Waals surface area contributed by atoms with Crippen LogP contribution in [0.5, 0.6) is 0 Å². The van der Waals surface area contributed by atoms with E-state index in [9.17, 15) is 14.5 Å². The number of carbonyl (C=O) groups excluding carboxylic acids is 1. The van der Waals surface area contributed by atoms with Crippen molar-refractivity contribution >= 4 is 32.4 Å². The largest absolute Gasteiger partial charge is 0.394 e. The van der Waals surface area contributed by atoms with Crippen LogP contribution in [0.4, 0.5) is 0 Å². The van der Waals surface area contributed by atoms with Crippen molar-refractivity contribution in [1.82, 2.24) is 19.5 Å². The summed E-state index contributed by atoms with van der Waals surface area (Å²) in [7, 11) is -0.459. The van der Waals surface area contributed by atoms with Crippen molar-refractivity contribution < 1.29 is 14.5 Å². The summed E-state index contributed by atoms with van der Waals surface area (Å²) < 4.78 is 10.9. The molecule has 0 spiro atoms. The summed E-state index contributed by atoms with van der Waals surface area (Å²) in [6.07, 6.45) is 3.10. The van der Waals surface area contributed by atoms with Crippen molar-refractivity contribution in [2.45, 2.75) is 12.5 Å². The van der Waals surface area contributed by atoms with Crippen LogP contribution in [-0.2, 0) is 5.54 Å². The van der Waals surface area contributed by atoms with Gasteiger partial charge in [-0.2, -0.15) is 15.0 Å². The van der Waals surface area contributed by atoms with Crippen LogP contribution in [0, 0.1) is 6.92 Å². The number of aryl methyl sites for hydroxylation is 1. The van der Waals surface area contributed by atoms with E-state index in [0.717, 1.165) is 33.7 Å². The number of aliphatic hydroxyl groups excluding tert-OH is 1. The molecule has 0 unspecified atom stereocenters. The summed E-state index contributed by atoms with van der Waals surface area (Å²) in [6.45, 7) is 2.78. The van der Waals surface area contributed by atoms with E-state index in [0.29, 0.717) is 29.9 Å². The summed E-state index contributed by atoms with van der Waals surface area (Å²) in [6, 6.07) is 9.31. The summed E-state index contributed by atoms with van der Waals surface area (Å²) in [4.78, 5) is 19.5. The summed E-state index contributed by atoms with van der Waals surface area (Å²) >= 11 is 0.934. The molecule has 4 rings (SSSR count). The molecule has 1 aromatic carbocycles. The van der Waals surface area contributed by atoms with Crippen molar-refractivity contribution in [3.8, 4) is 0 Å². The minimum Gasteiger partial charge on any atom is -0.394 e. The molecular formula is C20H25N5O3S2. The SMILES string of the molecule is Cc1c(C(=O)N2CC[SH](SO)CC2)cn2ncnc([C@](N)(CO)c3ccccc3)c12. The monoisotopic (exact) mass is 447 g/mol. The lowest BCUT2D eigenvalue weighted by Gasteiger charge is -2.32. The van der Waals surface area contributed by atoms with Gasteiger partial charge in [0.05, 0.1) is 23.4 Å². The van der Waals surface area contributed by atoms with E-state index in [1.165, 1.54) is 6.33 Å². The maximum absolute atomic E-state index is 13.2. The maximum atomic E-state index is 13.2. The Hall–Kier alpha value is -2.11. The first-order valence-electron chi connectivity index (χ1n) is 9.64. The highest BCUT2D eigenvalue weighted by molar-refractivity contribution is 8.83. The minimum atomic E-state index is -1.23. The Kier molecular flexibility index (Phi) is 6.03. The third kappa shape index (κ3) is 3.58. The van der Waals surface area contributed by atoms with Crippen LogP contribution in [-0.4, -0.2) is 66.3 Å². The smallest absolute Gasteiger partial charge is 0.255 e. The summed E-state index contributed by atoms with van der Waals surface area (Å²) in [5.74, 6) is 1.58. The molecule has 3 heterocycles. The molecule has 3 aromatic rings. The van der Waals surface area contributed by atoms with Gasteiger partial charge in [0.15, 0.2) is 0 Å². The maximum Gasteiger partial charge on any atom is 0.255 e. The molecule has 8 nitrogen and oxygen atoms in total. The van der Waals surface area contributed by atoms with E-state index in [1.807, 2.05) is 42.2 Å². The van der Waals surface area contributed by atoms with Crippen molar-refractivity contribution in [1.29, 1.82) is 0 Å². The highest BCUT2D eigenvalue weighted by Gasteiger charge is 2.35. The molecule has 0 radical (unpaired) electrons. The fraction of sp³-hybridized carbons (Fsp3) is 0.350. The Morgan fingerprint density at radius 1 is 1.30 bits per heavy atom. The van der Waals surface area contributed by atoms with Gasteiger partial charge in [0.2, 0.25) is 0 Å². The van der Waals surface area contributed by atoms with Crippen molar-refractivity contribution in [3.63, 3.8) is 0 Å². The molecule has 2 aromatic heterocycles. The Labute approximate surface area is 181 Å². The number of nitrogens with zero attached hydrogens (tertiary/aromatic N) is 4. The molecule has 1 aliphatic heterocycles. The van der Waals surface area contributed by atoms with Crippen LogP contribution in [0.3, 0.4) is 0 Å². The molecule has 0 bridgehead atoms. The fourth-order valence-electron chi connectivity index (χ4n) is 3.88. The van der Waals surface area contributed by atoms with Crippen LogP contribution in [0.1, 0.15) is 27.2 Å². The highest BCUT2D eigenvalue weighted by Crippen LogP contribution is 2.40. The van der Waals surface area contributed by atoms with Gasteiger partial charge >= 0.3 is 0 Å². The van der Waals surface area contributed by atoms with Gasteiger partial charge in [0.25, 0.3) is 5.91 Å². The summed E-state index contributed by atoms with van der Waals surface area (Å²) in [5, 5.41) is 14.5. The zero-order chi connectivity index (χ0) is 21.3. The molecule has 160 valence electrons. The Balaban J connectivity index is 1.76. The number of thiol groups is 1. The van der Waals surface area contributed by atoms with E-state index >= 15 is 0 Å². The van der Waals surface area contributed by atoms with Crippen molar-refractivity contribution in [2.24, 2.45) is 5.73 Å². The van der Waals surface area contributed by atoms with Gasteiger partial charge in [-0.25, -0.2) is 9.50 Å². The van der Waals surface area contributed by atoms with Gasteiger partial charge in [-0.15, -0.1) is 0 Å². The van der Waals surface area contributed by atoms with E-state index in [4.69, 9.17) is 5.73 Å². The molecule has 30 heavy (non-hydrogen) atoms. The molecule has 1 aliphatic rings. The van der Waals surface area contributed by atoms with E-state index in [2.05, 4.69) is 10.1 Å². The number of hydrogen-bond acceptors (Lipinski definition) is 7. The van der Waals surface area contributed by atoms with Crippen molar-refractivity contribution in [2.75, 3.05) is 31.2 Å². The number of fused-ring (bicyclic) bond motifs is 1. The number of amides is 1. The molecule has 1 atom stereocenters. The normalized spacial score (nSPS) is 17.9. The van der Waals surface area contributed by atoms with Gasteiger partial charge in [-0.3, -0.25) is 4.79 Å². The average molecular weight is 448 g/mol. The third-order valence-corrected chi connectivity index (χ3v) is 9.08. The number of carbonyl (C=O) groups is 1. The fourth-order valence-corrected chi connectivity index (χ4v) is 6.18. The molecule has 4 N–H and O–H groups in total. The van der Waals surface area contributed by atoms with Crippen LogP contribution in [0.2, 0.25) is 0 Å². The second-order valence-electron chi connectivity index (χ2n) is 7.37. The molecule has 1 saturated heterocycles. The van der Waals surface area contributed by atoms with Crippen LogP contribution in [0.15, 0.2) is 42.9 Å². The number of nitrogens with two attached hydrogens (primary N) is 1. The lowest BCUT2D eigenvalue weighted by Crippen LogP contribution is -2.43. The van der Waals surface area contributed by atoms with Crippen LogP contribution in [0.25, 0.3) is 5.52 Å². The molecular weight excluding hydrogens is 422 g/mol. The molecule has 0 saturated carbocycles. The third-order valence-electron chi connectivity index (χ3n) is 5.66. The first-order chi connectivity index (χ1) is 14.5. The number of benzene rings is 1. The van der Waals surface area contributed by atoms with E-state index < -0.39 is 15.5 Å². The topological polar surface area (TPSA) is 117 Å². The first-order valence-corrected chi connectivity index (χ1v) is 12.7. The number of aromatic nitrogens is 3. The first kappa shape index (κ1) is 21.1. The predicted molar refractivity (Wildman–Crippen MR) is 121 cm³/mol. The summed E-state index contributed by atoms with van der Waals surface area (Å²) in [5.41, 5.74) is 8.55. The zero-order valence-electron chi connectivity index (χ0n) is 16.6. The lowest BCUT2D eigenvalue weighted by molar-refractivity contribution is 0.0771. The number of hydrogen-bond donors (Lipinski definition) is 4.